The Balaban J connectivity index is 1.99. The number of aromatic nitrogens is 1. The Morgan fingerprint density at radius 2 is 1.95 bits per heavy atom. The van der Waals surface area contributed by atoms with Gasteiger partial charge in [0.25, 0.3) is 0 Å². The van der Waals surface area contributed by atoms with Gasteiger partial charge in [0.15, 0.2) is 0 Å². The van der Waals surface area contributed by atoms with Crippen molar-refractivity contribution in [1.29, 1.82) is 0 Å². The first-order chi connectivity index (χ1) is 9.24. The van der Waals surface area contributed by atoms with E-state index in [1.165, 1.54) is 5.69 Å². The van der Waals surface area contributed by atoms with Crippen LogP contribution >= 0.6 is 11.3 Å². The van der Waals surface area contributed by atoms with Gasteiger partial charge in [-0.1, -0.05) is 6.08 Å². The van der Waals surface area contributed by atoms with E-state index in [0.717, 1.165) is 21.1 Å². The number of thiazole rings is 1. The van der Waals surface area contributed by atoms with Gasteiger partial charge in [-0.25, -0.2) is 4.98 Å². The molecule has 0 aliphatic heterocycles. The fourth-order valence-corrected chi connectivity index (χ4v) is 2.86. The first-order valence-corrected chi connectivity index (χ1v) is 6.93. The summed E-state index contributed by atoms with van der Waals surface area (Å²) in [6.45, 7) is 0. The van der Waals surface area contributed by atoms with Gasteiger partial charge < -0.3 is 4.90 Å². The molecule has 1 aliphatic carbocycles. The fraction of sp³-hybridized carbons (Fsp3) is 0.125. The van der Waals surface area contributed by atoms with E-state index in [0.29, 0.717) is 0 Å². The molecule has 1 aromatic carbocycles. The number of hydrogen-bond acceptors (Lipinski definition) is 3. The van der Waals surface area contributed by atoms with E-state index in [-0.39, 0.29) is 0 Å². The zero-order valence-electron chi connectivity index (χ0n) is 10.9. The summed E-state index contributed by atoms with van der Waals surface area (Å²) in [6, 6.07) is 8.48. The molecule has 0 saturated carbocycles. The Morgan fingerprint density at radius 1 is 1.16 bits per heavy atom. The van der Waals surface area contributed by atoms with Crippen LogP contribution in [0.4, 0.5) is 5.69 Å². The normalized spacial score (nSPS) is 12.3. The smallest absolute Gasteiger partial charge is 0.124 e. The first kappa shape index (κ1) is 12.0. The molecule has 2 nitrogen and oxygen atoms in total. The summed E-state index contributed by atoms with van der Waals surface area (Å²) in [4.78, 5) is 7.94. The zero-order valence-corrected chi connectivity index (χ0v) is 11.7. The molecule has 0 atom stereocenters. The van der Waals surface area contributed by atoms with Crippen LogP contribution in [0.2, 0.25) is 0 Å². The lowest BCUT2D eigenvalue weighted by molar-refractivity contribution is 1.13. The van der Waals surface area contributed by atoms with Crippen LogP contribution in [0.3, 0.4) is 0 Å². The van der Waals surface area contributed by atoms with E-state index >= 15 is 0 Å². The number of allylic oxidation sites excluding steroid dienone is 2. The van der Waals surface area contributed by atoms with Crippen molar-refractivity contribution in [3.8, 4) is 10.6 Å². The number of fused-ring (bicyclic) bond motifs is 1. The summed E-state index contributed by atoms with van der Waals surface area (Å²) in [5.41, 5.74) is 6.51. The predicted octanol–water partition coefficient (Wildman–Crippen LogP) is 4.07. The molecule has 0 fully saturated rings. The molecule has 0 bridgehead atoms. The molecule has 19 heavy (non-hydrogen) atoms. The molecule has 0 spiro atoms. The van der Waals surface area contributed by atoms with Gasteiger partial charge in [0.1, 0.15) is 5.01 Å². The second-order valence-corrected chi connectivity index (χ2v) is 5.58. The van der Waals surface area contributed by atoms with Crippen molar-refractivity contribution in [3.63, 3.8) is 0 Å². The third kappa shape index (κ3) is 2.39. The van der Waals surface area contributed by atoms with E-state index in [9.17, 15) is 0 Å². The Morgan fingerprint density at radius 3 is 2.68 bits per heavy atom. The van der Waals surface area contributed by atoms with Crippen LogP contribution < -0.4 is 4.90 Å². The average Bonchev–Trinajstić information content (AvgIpc) is 2.70. The van der Waals surface area contributed by atoms with Gasteiger partial charge in [0.2, 0.25) is 0 Å². The SMILES string of the molecule is CN(C)c1ccc(-c2nc3c(s2)C=C=CC=C3)cc1. The molecule has 0 radical (unpaired) electrons. The number of benzene rings is 1. The topological polar surface area (TPSA) is 16.1 Å². The van der Waals surface area contributed by atoms with Crippen molar-refractivity contribution in [2.75, 3.05) is 19.0 Å². The van der Waals surface area contributed by atoms with Crippen LogP contribution in [-0.2, 0) is 0 Å². The Labute approximate surface area is 117 Å². The quantitative estimate of drug-likeness (QED) is 0.762. The van der Waals surface area contributed by atoms with E-state index < -0.39 is 0 Å². The van der Waals surface area contributed by atoms with Crippen LogP contribution in [0.5, 0.6) is 0 Å². The van der Waals surface area contributed by atoms with Crippen molar-refractivity contribution in [2.24, 2.45) is 0 Å². The largest absolute Gasteiger partial charge is 0.378 e. The molecule has 1 aliphatic rings. The average molecular weight is 266 g/mol. The van der Waals surface area contributed by atoms with Crippen LogP contribution in [0.15, 0.2) is 42.1 Å². The molecule has 0 N–H and O–H groups in total. The number of nitrogens with zero attached hydrogens (tertiary/aromatic N) is 2. The van der Waals surface area contributed by atoms with Gasteiger partial charge in [0.05, 0.1) is 10.6 Å². The maximum atomic E-state index is 4.68. The molecule has 3 heteroatoms. The van der Waals surface area contributed by atoms with Gasteiger partial charge in [-0.05, 0) is 42.5 Å². The summed E-state index contributed by atoms with van der Waals surface area (Å²) in [6.07, 6.45) is 7.89. The Kier molecular flexibility index (Phi) is 3.08. The number of hydrogen-bond donors (Lipinski definition) is 0. The highest BCUT2D eigenvalue weighted by molar-refractivity contribution is 7.16. The summed E-state index contributed by atoms with van der Waals surface area (Å²) < 4.78 is 0. The van der Waals surface area contributed by atoms with Crippen LogP contribution in [0.25, 0.3) is 22.7 Å². The van der Waals surface area contributed by atoms with Gasteiger partial charge >= 0.3 is 0 Å². The minimum Gasteiger partial charge on any atom is -0.378 e. The van der Waals surface area contributed by atoms with Crippen LogP contribution in [0.1, 0.15) is 10.6 Å². The minimum absolute atomic E-state index is 1.03. The van der Waals surface area contributed by atoms with E-state index in [1.807, 2.05) is 38.4 Å². The van der Waals surface area contributed by atoms with Crippen molar-refractivity contribution in [1.82, 2.24) is 4.98 Å². The van der Waals surface area contributed by atoms with Crippen LogP contribution in [-0.4, -0.2) is 19.1 Å². The standard InChI is InChI=1S/C16H14N2S/c1-18(2)13-10-8-12(9-11-13)16-17-14-6-4-3-5-7-15(14)19-16/h3-4,6-11H,1-2H3. The third-order valence-corrected chi connectivity index (χ3v) is 4.04. The summed E-state index contributed by atoms with van der Waals surface area (Å²) in [5.74, 6) is 0. The van der Waals surface area contributed by atoms with Gasteiger partial charge in [-0.2, -0.15) is 0 Å². The first-order valence-electron chi connectivity index (χ1n) is 6.12. The summed E-state index contributed by atoms with van der Waals surface area (Å²) in [5, 5.41) is 1.06. The monoisotopic (exact) mass is 266 g/mol. The number of anilines is 1. The second kappa shape index (κ2) is 4.88. The van der Waals surface area contributed by atoms with Crippen molar-refractivity contribution in [2.45, 2.75) is 0 Å². The third-order valence-electron chi connectivity index (χ3n) is 2.97. The van der Waals surface area contributed by atoms with Gasteiger partial charge in [0, 0.05) is 25.3 Å². The Bertz CT molecular complexity index is 684. The molecule has 94 valence electrons. The lowest BCUT2D eigenvalue weighted by Crippen LogP contribution is -2.07. The molecule has 0 unspecified atom stereocenters. The van der Waals surface area contributed by atoms with E-state index in [2.05, 4.69) is 39.9 Å². The highest BCUT2D eigenvalue weighted by Crippen LogP contribution is 2.31. The maximum absolute atomic E-state index is 4.68. The molecule has 2 aromatic rings. The lowest BCUT2D eigenvalue weighted by atomic mass is 10.2. The zero-order chi connectivity index (χ0) is 13.2. The summed E-state index contributed by atoms with van der Waals surface area (Å²) >= 11 is 1.70. The van der Waals surface area contributed by atoms with Crippen molar-refractivity contribution in [3.05, 3.63) is 52.7 Å². The highest BCUT2D eigenvalue weighted by atomic mass is 32.1. The van der Waals surface area contributed by atoms with Gasteiger partial charge in [-0.3, -0.25) is 0 Å². The molecule has 0 amide bonds. The van der Waals surface area contributed by atoms with E-state index in [4.69, 9.17) is 0 Å². The lowest BCUT2D eigenvalue weighted by Gasteiger charge is -2.11. The predicted molar refractivity (Wildman–Crippen MR) is 83.5 cm³/mol. The molecule has 1 aromatic heterocycles. The number of rotatable bonds is 2. The molecular weight excluding hydrogens is 252 g/mol. The van der Waals surface area contributed by atoms with Crippen LogP contribution in [0, 0.1) is 0 Å². The Hall–Kier alpha value is -2.09. The van der Waals surface area contributed by atoms with Crippen molar-refractivity contribution >= 4 is 29.2 Å². The minimum atomic E-state index is 1.03. The molecule has 3 rings (SSSR count). The van der Waals surface area contributed by atoms with Gasteiger partial charge in [-0.15, -0.1) is 17.1 Å². The second-order valence-electron chi connectivity index (χ2n) is 4.55. The van der Waals surface area contributed by atoms with E-state index in [1.54, 1.807) is 11.3 Å². The maximum Gasteiger partial charge on any atom is 0.124 e. The molecule has 0 saturated heterocycles. The summed E-state index contributed by atoms with van der Waals surface area (Å²) in [7, 11) is 4.09. The van der Waals surface area contributed by atoms with Crippen molar-refractivity contribution < 1.29 is 0 Å². The fourth-order valence-electron chi connectivity index (χ4n) is 1.91. The molecule has 1 heterocycles. The highest BCUT2D eigenvalue weighted by Gasteiger charge is 2.09. The molecular formula is C16H14N2S.